The van der Waals surface area contributed by atoms with Crippen molar-refractivity contribution in [2.75, 3.05) is 9.21 Å². The maximum Gasteiger partial charge on any atom is 0.343 e. The molecule has 0 radical (unpaired) electrons. The SMILES string of the molecule is Cc1cccc(C)c1N1C(=O)N(Cc2ccc(C#N)cc2)c2ccccc2S1(=O)=O. The normalized spacial score (nSPS) is 14.9. The van der Waals surface area contributed by atoms with E-state index in [4.69, 9.17) is 5.26 Å². The molecule has 0 unspecified atom stereocenters. The molecule has 1 heterocycles. The molecule has 6 nitrogen and oxygen atoms in total. The first kappa shape index (κ1) is 19.7. The van der Waals surface area contributed by atoms with Gasteiger partial charge in [-0.15, -0.1) is 0 Å². The maximum atomic E-state index is 13.6. The number of anilines is 2. The van der Waals surface area contributed by atoms with E-state index in [1.807, 2.05) is 6.07 Å². The molecule has 3 aromatic rings. The third kappa shape index (κ3) is 3.11. The fourth-order valence-electron chi connectivity index (χ4n) is 3.67. The molecular weight excluding hydrogens is 398 g/mol. The molecule has 0 aliphatic carbocycles. The second-order valence-electron chi connectivity index (χ2n) is 7.16. The Kier molecular flexibility index (Phi) is 4.80. The standard InChI is InChI=1S/C23H19N3O3S/c1-16-6-5-7-17(2)22(16)26-23(27)25(15-19-12-10-18(14-24)11-13-19)20-8-3-4-9-21(20)30(26,28)29/h3-13H,15H2,1-2H3. The Morgan fingerprint density at radius 2 is 1.53 bits per heavy atom. The second kappa shape index (κ2) is 7.32. The summed E-state index contributed by atoms with van der Waals surface area (Å²) in [5, 5.41) is 9.00. The third-order valence-electron chi connectivity index (χ3n) is 5.15. The van der Waals surface area contributed by atoms with Gasteiger partial charge < -0.3 is 0 Å². The van der Waals surface area contributed by atoms with Crippen molar-refractivity contribution in [1.29, 1.82) is 5.26 Å². The Bertz CT molecular complexity index is 1270. The van der Waals surface area contributed by atoms with Crippen LogP contribution in [0, 0.1) is 25.2 Å². The zero-order chi connectivity index (χ0) is 21.5. The Morgan fingerprint density at radius 1 is 0.900 bits per heavy atom. The molecule has 0 saturated carbocycles. The second-order valence-corrected chi connectivity index (χ2v) is 8.91. The van der Waals surface area contributed by atoms with E-state index in [-0.39, 0.29) is 11.4 Å². The van der Waals surface area contributed by atoms with Gasteiger partial charge in [0.15, 0.2) is 0 Å². The van der Waals surface area contributed by atoms with Crippen LogP contribution >= 0.6 is 0 Å². The van der Waals surface area contributed by atoms with E-state index < -0.39 is 16.1 Å². The predicted molar refractivity (Wildman–Crippen MR) is 115 cm³/mol. The number of benzene rings is 3. The summed E-state index contributed by atoms with van der Waals surface area (Å²) in [7, 11) is -4.07. The Hall–Kier alpha value is -3.63. The Labute approximate surface area is 175 Å². The molecule has 0 bridgehead atoms. The summed E-state index contributed by atoms with van der Waals surface area (Å²) in [5.41, 5.74) is 3.42. The summed E-state index contributed by atoms with van der Waals surface area (Å²) >= 11 is 0. The highest BCUT2D eigenvalue weighted by Crippen LogP contribution is 2.40. The number of nitrogens with zero attached hydrogens (tertiary/aromatic N) is 3. The van der Waals surface area contributed by atoms with Crippen LogP contribution < -0.4 is 9.21 Å². The summed E-state index contributed by atoms with van der Waals surface area (Å²) < 4.78 is 27.8. The molecule has 0 atom stereocenters. The molecular formula is C23H19N3O3S. The lowest BCUT2D eigenvalue weighted by atomic mass is 10.1. The monoisotopic (exact) mass is 417 g/mol. The lowest BCUT2D eigenvalue weighted by Gasteiger charge is -2.37. The average molecular weight is 417 g/mol. The van der Waals surface area contributed by atoms with Gasteiger partial charge in [0.25, 0.3) is 10.0 Å². The van der Waals surface area contributed by atoms with E-state index in [1.54, 1.807) is 68.4 Å². The maximum absolute atomic E-state index is 13.6. The smallest absolute Gasteiger partial charge is 0.287 e. The molecule has 1 aliphatic heterocycles. The van der Waals surface area contributed by atoms with Crippen LogP contribution in [-0.4, -0.2) is 14.4 Å². The van der Waals surface area contributed by atoms with Crippen LogP contribution in [0.15, 0.2) is 71.6 Å². The highest BCUT2D eigenvalue weighted by Gasteiger charge is 2.43. The van der Waals surface area contributed by atoms with E-state index in [2.05, 4.69) is 6.07 Å². The first-order chi connectivity index (χ1) is 14.3. The van der Waals surface area contributed by atoms with Crippen LogP contribution in [0.3, 0.4) is 0 Å². The summed E-state index contributed by atoms with van der Waals surface area (Å²) in [6, 6.07) is 20.2. The number of rotatable bonds is 3. The largest absolute Gasteiger partial charge is 0.343 e. The van der Waals surface area contributed by atoms with E-state index >= 15 is 0 Å². The number of hydrogen-bond donors (Lipinski definition) is 0. The van der Waals surface area contributed by atoms with Gasteiger partial charge in [-0.25, -0.2) is 13.2 Å². The van der Waals surface area contributed by atoms with Crippen molar-refractivity contribution in [3.8, 4) is 6.07 Å². The highest BCUT2D eigenvalue weighted by molar-refractivity contribution is 7.94. The van der Waals surface area contributed by atoms with Crippen LogP contribution in [0.4, 0.5) is 16.2 Å². The van der Waals surface area contributed by atoms with Gasteiger partial charge >= 0.3 is 6.03 Å². The van der Waals surface area contributed by atoms with Gasteiger partial charge in [-0.1, -0.05) is 42.5 Å². The predicted octanol–water partition coefficient (Wildman–Crippen LogP) is 4.51. The van der Waals surface area contributed by atoms with E-state index in [0.717, 1.165) is 9.87 Å². The van der Waals surface area contributed by atoms with Gasteiger partial charge in [0, 0.05) is 0 Å². The number of para-hydroxylation sites is 2. The number of sulfonamides is 1. The number of carbonyl (C=O) groups is 1. The quantitative estimate of drug-likeness (QED) is 0.628. The van der Waals surface area contributed by atoms with Crippen molar-refractivity contribution in [3.63, 3.8) is 0 Å². The Balaban J connectivity index is 1.88. The number of nitriles is 1. The lowest BCUT2D eigenvalue weighted by Crippen LogP contribution is -2.51. The van der Waals surface area contributed by atoms with Crippen LogP contribution in [0.2, 0.25) is 0 Å². The fraction of sp³-hybridized carbons (Fsp3) is 0.130. The average Bonchev–Trinajstić information content (AvgIpc) is 2.74. The van der Waals surface area contributed by atoms with Gasteiger partial charge in [-0.05, 0) is 54.8 Å². The minimum absolute atomic E-state index is 0.0842. The Morgan fingerprint density at radius 3 is 2.17 bits per heavy atom. The zero-order valence-electron chi connectivity index (χ0n) is 16.5. The fourth-order valence-corrected chi connectivity index (χ4v) is 5.40. The molecule has 0 fully saturated rings. The molecule has 2 amide bonds. The molecule has 0 spiro atoms. The van der Waals surface area contributed by atoms with Crippen molar-refractivity contribution in [2.24, 2.45) is 0 Å². The van der Waals surface area contributed by atoms with Crippen LogP contribution in [0.5, 0.6) is 0 Å². The van der Waals surface area contributed by atoms with Crippen molar-refractivity contribution >= 4 is 27.4 Å². The molecule has 3 aromatic carbocycles. The first-order valence-electron chi connectivity index (χ1n) is 9.35. The van der Waals surface area contributed by atoms with Crippen LogP contribution in [0.1, 0.15) is 22.3 Å². The molecule has 0 N–H and O–H groups in total. The molecule has 30 heavy (non-hydrogen) atoms. The van der Waals surface area contributed by atoms with Crippen molar-refractivity contribution in [3.05, 3.63) is 89.0 Å². The van der Waals surface area contributed by atoms with Gasteiger partial charge in [0.1, 0.15) is 4.90 Å². The number of aryl methyl sites for hydroxylation is 2. The zero-order valence-corrected chi connectivity index (χ0v) is 17.3. The van der Waals surface area contributed by atoms with Gasteiger partial charge in [-0.2, -0.15) is 9.57 Å². The van der Waals surface area contributed by atoms with Crippen molar-refractivity contribution < 1.29 is 13.2 Å². The minimum atomic E-state index is -4.07. The van der Waals surface area contributed by atoms with Gasteiger partial charge in [-0.3, -0.25) is 4.90 Å². The third-order valence-corrected chi connectivity index (χ3v) is 6.87. The molecule has 4 rings (SSSR count). The topological polar surface area (TPSA) is 81.5 Å². The number of fused-ring (bicyclic) bond motifs is 1. The van der Waals surface area contributed by atoms with Crippen molar-refractivity contribution in [1.82, 2.24) is 0 Å². The molecule has 150 valence electrons. The molecule has 1 aliphatic rings. The van der Waals surface area contributed by atoms with Gasteiger partial charge in [0.2, 0.25) is 0 Å². The molecule has 7 heteroatoms. The summed E-state index contributed by atoms with van der Waals surface area (Å²) in [5.74, 6) is 0. The lowest BCUT2D eigenvalue weighted by molar-refractivity contribution is 0.253. The van der Waals surface area contributed by atoms with E-state index in [0.29, 0.717) is 28.1 Å². The molecule has 0 aromatic heterocycles. The number of amides is 2. The summed E-state index contributed by atoms with van der Waals surface area (Å²) in [6.07, 6.45) is 0. The van der Waals surface area contributed by atoms with Crippen molar-refractivity contribution in [2.45, 2.75) is 25.3 Å². The van der Waals surface area contributed by atoms with E-state index in [9.17, 15) is 13.2 Å². The minimum Gasteiger partial charge on any atom is -0.287 e. The number of carbonyl (C=O) groups excluding carboxylic acids is 1. The summed E-state index contributed by atoms with van der Waals surface area (Å²) in [6.45, 7) is 3.76. The summed E-state index contributed by atoms with van der Waals surface area (Å²) in [4.78, 5) is 15.1. The van der Waals surface area contributed by atoms with Crippen LogP contribution in [-0.2, 0) is 16.6 Å². The molecule has 0 saturated heterocycles. The highest BCUT2D eigenvalue weighted by atomic mass is 32.2. The number of hydrogen-bond acceptors (Lipinski definition) is 4. The first-order valence-corrected chi connectivity index (χ1v) is 10.8. The van der Waals surface area contributed by atoms with Crippen LogP contribution in [0.25, 0.3) is 0 Å². The number of urea groups is 1. The van der Waals surface area contributed by atoms with Gasteiger partial charge in [0.05, 0.1) is 29.6 Å². The van der Waals surface area contributed by atoms with E-state index in [1.165, 1.54) is 11.0 Å².